The van der Waals surface area contributed by atoms with Gasteiger partial charge in [-0.1, -0.05) is 0 Å². The summed E-state index contributed by atoms with van der Waals surface area (Å²) in [5.74, 6) is -0.272. The van der Waals surface area contributed by atoms with Crippen molar-refractivity contribution in [2.45, 2.75) is 20.8 Å². The lowest BCUT2D eigenvalue weighted by Gasteiger charge is -2.09. The number of amides is 2. The molecule has 0 radical (unpaired) electrons. The fourth-order valence-electron chi connectivity index (χ4n) is 2.69. The normalized spacial score (nSPS) is 10.6. The maximum absolute atomic E-state index is 12.9. The van der Waals surface area contributed by atoms with Gasteiger partial charge in [-0.15, -0.1) is 11.3 Å². The Labute approximate surface area is 156 Å². The van der Waals surface area contributed by atoms with Gasteiger partial charge in [-0.3, -0.25) is 9.59 Å². The number of nitrogens with zero attached hydrogens (tertiary/aromatic N) is 1. The van der Waals surface area contributed by atoms with Crippen molar-refractivity contribution in [2.75, 3.05) is 11.9 Å². The molecule has 0 saturated heterocycles. The van der Waals surface area contributed by atoms with Crippen LogP contribution in [0.25, 0.3) is 5.00 Å². The molecule has 1 aromatic carbocycles. The second kappa shape index (κ2) is 7.58. The van der Waals surface area contributed by atoms with Gasteiger partial charge in [-0.2, -0.15) is 0 Å². The van der Waals surface area contributed by atoms with Crippen LogP contribution in [0, 0.1) is 13.8 Å². The summed E-state index contributed by atoms with van der Waals surface area (Å²) in [6, 6.07) is 10.8. The fourth-order valence-corrected chi connectivity index (χ4v) is 3.81. The number of aromatic nitrogens is 1. The van der Waals surface area contributed by atoms with Crippen LogP contribution in [-0.4, -0.2) is 22.9 Å². The van der Waals surface area contributed by atoms with E-state index in [-0.39, 0.29) is 11.8 Å². The Morgan fingerprint density at radius 1 is 1.04 bits per heavy atom. The first-order chi connectivity index (χ1) is 12.5. The monoisotopic (exact) mass is 367 g/mol. The summed E-state index contributed by atoms with van der Waals surface area (Å²) in [6.07, 6.45) is 3.87. The van der Waals surface area contributed by atoms with Gasteiger partial charge in [0.25, 0.3) is 11.8 Å². The lowest BCUT2D eigenvalue weighted by atomic mass is 10.1. The van der Waals surface area contributed by atoms with E-state index in [0.717, 1.165) is 15.4 Å². The highest BCUT2D eigenvalue weighted by Crippen LogP contribution is 2.31. The maximum atomic E-state index is 12.9. The predicted octanol–water partition coefficient (Wildman–Crippen LogP) is 4.16. The lowest BCUT2D eigenvalue weighted by Crippen LogP contribution is -2.22. The van der Waals surface area contributed by atoms with Gasteiger partial charge in [0.2, 0.25) is 0 Å². The van der Waals surface area contributed by atoms with Crippen molar-refractivity contribution in [1.29, 1.82) is 0 Å². The van der Waals surface area contributed by atoms with Gasteiger partial charge in [0.05, 0.1) is 5.56 Å². The zero-order chi connectivity index (χ0) is 18.7. The van der Waals surface area contributed by atoms with Crippen LogP contribution in [0.15, 0.2) is 48.8 Å². The van der Waals surface area contributed by atoms with Crippen molar-refractivity contribution < 1.29 is 9.59 Å². The summed E-state index contributed by atoms with van der Waals surface area (Å²) in [6.45, 7) is 6.44. The smallest absolute Gasteiger partial charge is 0.258 e. The molecule has 3 rings (SSSR count). The summed E-state index contributed by atoms with van der Waals surface area (Å²) in [7, 11) is 0. The number of thiophene rings is 1. The minimum atomic E-state index is -0.152. The van der Waals surface area contributed by atoms with Crippen LogP contribution in [0.4, 0.5) is 5.69 Å². The summed E-state index contributed by atoms with van der Waals surface area (Å²) >= 11 is 1.60. The first-order valence-corrected chi connectivity index (χ1v) is 9.26. The van der Waals surface area contributed by atoms with E-state index < -0.39 is 0 Å². The largest absolute Gasteiger partial charge is 0.352 e. The Kier molecular flexibility index (Phi) is 5.23. The second-order valence-electron chi connectivity index (χ2n) is 5.94. The molecule has 0 aliphatic heterocycles. The molecule has 0 aliphatic carbocycles. The van der Waals surface area contributed by atoms with E-state index in [9.17, 15) is 9.59 Å². The minimum absolute atomic E-state index is 0.121. The first-order valence-electron chi connectivity index (χ1n) is 8.44. The van der Waals surface area contributed by atoms with E-state index in [0.29, 0.717) is 23.4 Å². The van der Waals surface area contributed by atoms with Crippen LogP contribution in [-0.2, 0) is 0 Å². The van der Waals surface area contributed by atoms with Crippen molar-refractivity contribution in [3.05, 3.63) is 70.4 Å². The van der Waals surface area contributed by atoms with E-state index in [1.165, 1.54) is 0 Å². The molecule has 0 bridgehead atoms. The molecule has 3 aromatic rings. The molecule has 2 N–H and O–H groups in total. The number of carbonyl (C=O) groups is 2. The number of anilines is 1. The molecule has 6 heteroatoms. The van der Waals surface area contributed by atoms with Crippen LogP contribution < -0.4 is 10.6 Å². The summed E-state index contributed by atoms with van der Waals surface area (Å²) in [5.41, 5.74) is 2.89. The first kappa shape index (κ1) is 17.9. The maximum Gasteiger partial charge on any atom is 0.258 e. The SMILES string of the molecule is CCNC(=O)c1ccc(NC(=O)c2c(-n3cccc3)sc(C)c2C)cc1. The van der Waals surface area contributed by atoms with Gasteiger partial charge in [0, 0.05) is 35.1 Å². The van der Waals surface area contributed by atoms with Crippen LogP contribution in [0.5, 0.6) is 0 Å². The third-order valence-corrected chi connectivity index (χ3v) is 5.40. The van der Waals surface area contributed by atoms with Crippen LogP contribution >= 0.6 is 11.3 Å². The topological polar surface area (TPSA) is 63.1 Å². The highest BCUT2D eigenvalue weighted by Gasteiger charge is 2.20. The standard InChI is InChI=1S/C20H21N3O2S/c1-4-21-18(24)15-7-9-16(10-8-15)22-19(25)17-13(2)14(3)26-20(17)23-11-5-6-12-23/h5-12H,4H2,1-3H3,(H,21,24)(H,22,25). The molecule has 0 aliphatic rings. The Morgan fingerprint density at radius 2 is 1.69 bits per heavy atom. The van der Waals surface area contributed by atoms with Crippen molar-refractivity contribution >= 4 is 28.8 Å². The molecule has 0 atom stereocenters. The molecular weight excluding hydrogens is 346 g/mol. The van der Waals surface area contributed by atoms with Gasteiger partial charge in [-0.25, -0.2) is 0 Å². The quantitative estimate of drug-likeness (QED) is 0.711. The molecule has 0 unspecified atom stereocenters. The zero-order valence-electron chi connectivity index (χ0n) is 15.0. The Balaban J connectivity index is 1.84. The van der Waals surface area contributed by atoms with Crippen molar-refractivity contribution in [3.63, 3.8) is 0 Å². The third-order valence-electron chi connectivity index (χ3n) is 4.18. The lowest BCUT2D eigenvalue weighted by molar-refractivity contribution is 0.0955. The average molecular weight is 367 g/mol. The zero-order valence-corrected chi connectivity index (χ0v) is 15.8. The van der Waals surface area contributed by atoms with Crippen LogP contribution in [0.3, 0.4) is 0 Å². The van der Waals surface area contributed by atoms with Gasteiger partial charge in [0.15, 0.2) is 0 Å². The summed E-state index contributed by atoms with van der Waals surface area (Å²) < 4.78 is 1.96. The van der Waals surface area contributed by atoms with Crippen LogP contribution in [0.2, 0.25) is 0 Å². The molecule has 2 amide bonds. The molecule has 2 heterocycles. The highest BCUT2D eigenvalue weighted by molar-refractivity contribution is 7.15. The molecule has 5 nitrogen and oxygen atoms in total. The van der Waals surface area contributed by atoms with E-state index in [4.69, 9.17) is 0 Å². The molecule has 2 aromatic heterocycles. The second-order valence-corrected chi connectivity index (χ2v) is 7.15. The average Bonchev–Trinajstić information content (AvgIpc) is 3.24. The van der Waals surface area contributed by atoms with Crippen molar-refractivity contribution in [3.8, 4) is 5.00 Å². The number of carbonyl (C=O) groups excluding carboxylic acids is 2. The summed E-state index contributed by atoms with van der Waals surface area (Å²) in [4.78, 5) is 25.8. The number of hydrogen-bond donors (Lipinski definition) is 2. The molecular formula is C20H21N3O2S. The minimum Gasteiger partial charge on any atom is -0.352 e. The van der Waals surface area contributed by atoms with Crippen LogP contribution in [0.1, 0.15) is 38.1 Å². The molecule has 0 spiro atoms. The third kappa shape index (κ3) is 3.55. The fraction of sp³-hybridized carbons (Fsp3) is 0.200. The Hall–Kier alpha value is -2.86. The number of aryl methyl sites for hydroxylation is 1. The van der Waals surface area contributed by atoms with Crippen molar-refractivity contribution in [2.24, 2.45) is 0 Å². The van der Waals surface area contributed by atoms with Gasteiger partial charge in [-0.05, 0) is 62.7 Å². The Morgan fingerprint density at radius 3 is 2.31 bits per heavy atom. The van der Waals surface area contributed by atoms with Gasteiger partial charge >= 0.3 is 0 Å². The molecule has 134 valence electrons. The van der Waals surface area contributed by atoms with Crippen molar-refractivity contribution in [1.82, 2.24) is 9.88 Å². The number of benzene rings is 1. The highest BCUT2D eigenvalue weighted by atomic mass is 32.1. The Bertz CT molecular complexity index is 925. The predicted molar refractivity (Wildman–Crippen MR) is 106 cm³/mol. The number of rotatable bonds is 5. The molecule has 0 saturated carbocycles. The van der Waals surface area contributed by atoms with E-state index >= 15 is 0 Å². The molecule has 26 heavy (non-hydrogen) atoms. The van der Waals surface area contributed by atoms with E-state index in [2.05, 4.69) is 10.6 Å². The summed E-state index contributed by atoms with van der Waals surface area (Å²) in [5, 5.41) is 6.59. The van der Waals surface area contributed by atoms with Gasteiger partial charge in [0.1, 0.15) is 5.00 Å². The van der Waals surface area contributed by atoms with E-state index in [1.807, 2.05) is 49.9 Å². The van der Waals surface area contributed by atoms with Gasteiger partial charge < -0.3 is 15.2 Å². The number of hydrogen-bond acceptors (Lipinski definition) is 3. The number of nitrogens with one attached hydrogen (secondary N) is 2. The van der Waals surface area contributed by atoms with E-state index in [1.54, 1.807) is 35.6 Å². The molecule has 0 fully saturated rings.